The fourth-order valence-corrected chi connectivity index (χ4v) is 10.3. The van der Waals surface area contributed by atoms with Crippen LogP contribution in [0.1, 0.15) is 158 Å². The van der Waals surface area contributed by atoms with Crippen LogP contribution in [0.5, 0.6) is 0 Å². The number of carbonyl (C=O) groups is 3. The van der Waals surface area contributed by atoms with Crippen molar-refractivity contribution in [2.45, 2.75) is 164 Å². The van der Waals surface area contributed by atoms with Crippen LogP contribution in [0.3, 0.4) is 0 Å². The van der Waals surface area contributed by atoms with Gasteiger partial charge in [0.1, 0.15) is 6.29 Å². The Kier molecular flexibility index (Phi) is 60.7. The van der Waals surface area contributed by atoms with Gasteiger partial charge >= 0.3 is 85.3 Å². The number of thiocarbonyl (C=S) groups is 2. The van der Waals surface area contributed by atoms with Gasteiger partial charge in [0, 0.05) is 43.1 Å². The second kappa shape index (κ2) is 61.9. The van der Waals surface area contributed by atoms with Crippen LogP contribution >= 0.6 is 65.8 Å². The van der Waals surface area contributed by atoms with Gasteiger partial charge in [0.05, 0.1) is 45.5 Å². The zero-order valence-electron chi connectivity index (χ0n) is 51.8. The van der Waals surface area contributed by atoms with Crippen molar-refractivity contribution >= 4 is 110 Å². The van der Waals surface area contributed by atoms with E-state index in [4.69, 9.17) is 32.3 Å². The van der Waals surface area contributed by atoms with E-state index in [1.54, 1.807) is 6.08 Å². The van der Waals surface area contributed by atoms with E-state index in [0.29, 0.717) is 31.7 Å². The number of carboxylic acids is 2. The normalized spacial score (nSPS) is 12.3. The number of nitrogens with zero attached hydrogens (tertiary/aromatic N) is 4. The Bertz CT molecular complexity index is 2260. The predicted molar refractivity (Wildman–Crippen MR) is 362 cm³/mol. The monoisotopic (exact) mass is 1340 g/mol. The minimum atomic E-state index is -1.61. The van der Waals surface area contributed by atoms with Gasteiger partial charge in [-0.2, -0.15) is 19.3 Å². The molecule has 1 aliphatic rings. The van der Waals surface area contributed by atoms with Crippen molar-refractivity contribution in [1.29, 1.82) is 0 Å². The molecule has 3 aromatic carbocycles. The number of carboxylic acid groups (broad SMARTS) is 2. The average molecular weight is 1340 g/mol. The molecule has 1 aliphatic heterocycles. The molecule has 0 amide bonds. The molecule has 3 N–H and O–H groups in total. The second-order valence-electron chi connectivity index (χ2n) is 18.3. The third-order valence-electron chi connectivity index (χ3n) is 11.0. The summed E-state index contributed by atoms with van der Waals surface area (Å²) in [5.41, 5.74) is 12.0. The first-order valence-electron chi connectivity index (χ1n) is 28.5. The van der Waals surface area contributed by atoms with Crippen LogP contribution in [-0.4, -0.2) is 94.6 Å². The van der Waals surface area contributed by atoms with Crippen molar-refractivity contribution in [3.8, 4) is 0 Å². The average Bonchev–Trinajstić information content (AvgIpc) is 3.93. The van der Waals surface area contributed by atoms with Crippen LogP contribution in [-0.2, 0) is 27.9 Å². The molecule has 4 rings (SSSR count). The summed E-state index contributed by atoms with van der Waals surface area (Å²) in [6.07, 6.45) is 24.7. The van der Waals surface area contributed by atoms with Gasteiger partial charge in [0.15, 0.2) is 0 Å². The number of unbranched alkanes of at least 4 members (excludes halogenated alkanes) is 12. The van der Waals surface area contributed by atoms with Gasteiger partial charge in [0.25, 0.3) is 0 Å². The van der Waals surface area contributed by atoms with Crippen molar-refractivity contribution in [1.82, 2.24) is 5.09 Å². The topological polar surface area (TPSA) is 135 Å². The summed E-state index contributed by atoms with van der Waals surface area (Å²) >= 11 is 11.0. The number of alkyl halides is 2. The second-order valence-corrected chi connectivity index (χ2v) is 25.1. The van der Waals surface area contributed by atoms with Crippen molar-refractivity contribution in [3.05, 3.63) is 138 Å². The number of isothiocyanates is 2. The number of hydrogen-bond acceptors (Lipinski definition) is 11. The number of allylic oxidation sites excluding steroid dienone is 2. The molecule has 0 saturated carbocycles. The molecule has 0 bridgehead atoms. The molecule has 19 heteroatoms. The molecule has 1 saturated heterocycles. The summed E-state index contributed by atoms with van der Waals surface area (Å²) in [6, 6.07) is 18.9. The van der Waals surface area contributed by atoms with Gasteiger partial charge in [-0.15, -0.1) is 13.2 Å². The van der Waals surface area contributed by atoms with E-state index in [0.717, 1.165) is 69.9 Å². The van der Waals surface area contributed by atoms with Gasteiger partial charge in [-0.25, -0.2) is 9.98 Å². The number of carbonyl (C=O) groups excluding carboxylic acids is 1. The maximum absolute atomic E-state index is 10.7. The van der Waals surface area contributed by atoms with Crippen LogP contribution in [0.2, 0.25) is 0 Å². The molecule has 0 radical (unpaired) electrons. The zero-order chi connectivity index (χ0) is 64.5. The Hall–Kier alpha value is -3.64. The van der Waals surface area contributed by atoms with Gasteiger partial charge in [-0.3, -0.25) is 23.5 Å². The summed E-state index contributed by atoms with van der Waals surface area (Å²) in [5, 5.41) is 24.0. The van der Waals surface area contributed by atoms with Gasteiger partial charge < -0.3 is 24.8 Å². The van der Waals surface area contributed by atoms with E-state index >= 15 is 0 Å². The van der Waals surface area contributed by atoms with Crippen LogP contribution in [0.4, 0.5) is 20.2 Å². The molecule has 3 aromatic rings. The van der Waals surface area contributed by atoms with Crippen LogP contribution < -0.4 is 14.9 Å². The quantitative estimate of drug-likeness (QED) is 0.00641. The van der Waals surface area contributed by atoms with E-state index in [9.17, 15) is 23.2 Å². The number of halogens is 4. The Morgan fingerprint density at radius 2 is 1.13 bits per heavy atom. The van der Waals surface area contributed by atoms with Crippen molar-refractivity contribution < 1.29 is 49.6 Å². The first kappa shape index (κ1) is 80.4. The van der Waals surface area contributed by atoms with Crippen LogP contribution in [0.25, 0.3) is 0 Å². The minimum absolute atomic E-state index is 0.117. The fourth-order valence-electron chi connectivity index (χ4n) is 7.74. The van der Waals surface area contributed by atoms with Gasteiger partial charge in [0.2, 0.25) is 0 Å². The maximum atomic E-state index is 10.7. The molecule has 3 unspecified atom stereocenters. The molecule has 0 aliphatic carbocycles. The Morgan fingerprint density at radius 1 is 0.744 bits per heavy atom. The molecule has 0 aromatic heterocycles. The summed E-state index contributed by atoms with van der Waals surface area (Å²) in [4.78, 5) is 42.4. The van der Waals surface area contributed by atoms with Gasteiger partial charge in [-0.05, 0) is 141 Å². The molecule has 0 spiro atoms. The first-order valence-corrected chi connectivity index (χ1v) is 34.9. The molecule has 1 fully saturated rings. The van der Waals surface area contributed by atoms with E-state index in [-0.39, 0.29) is 6.04 Å². The summed E-state index contributed by atoms with van der Waals surface area (Å²) < 4.78 is 35.1. The molecule has 1 heterocycles. The molecule has 4 atom stereocenters. The third-order valence-corrected chi connectivity index (χ3v) is 14.0. The zero-order valence-corrected chi connectivity index (χ0v) is 56.8. The number of benzene rings is 3. The number of anilines is 2. The number of aldehydes is 1. The van der Waals surface area contributed by atoms with Gasteiger partial charge in [-0.1, -0.05) is 120 Å². The number of thiol groups is 1. The Morgan fingerprint density at radius 3 is 1.45 bits per heavy atom. The predicted octanol–water partition coefficient (Wildman–Crippen LogP) is 18.1. The molecule has 82 heavy (non-hydrogen) atoms. The SMILES string of the molecule is C=CCCCCCCCCC(=O)O.C=CCN=C=S.Cc1cc(C)c(N2[CH-]N(c3c(C)cc(C)cc3C)CC2)c(C)c1.O=C(O)CCCCCCCC/C=C/CN=C=S.O=C[C@H](CS)NP.[2H]C(C)F.[2H]C(C)F.[Cl][Ru]([Cl])=[CH]c1ccccc1. The Balaban J connectivity index is -0.000000468. The Labute approximate surface area is 528 Å². The number of rotatable bonds is 28. The number of aryl methyl sites for hydroxylation is 6. The van der Waals surface area contributed by atoms with E-state index in [1.807, 2.05) is 47.1 Å². The number of hydrogen-bond donors (Lipinski definition) is 4. The standard InChI is InChI=1S/C21H27N2.C13H21NO2S.C11H20O2.C7H6.C4H5NS.C3H8NOPS.2C2H5F.2ClH.Ru/c1-14-9-16(3)20(17(4)10-14)22-7-8-23(13-22)21-18(5)11-15(2)12-19(21)6;15-13(16)10-8-6-4-2-1-3-5-7-9-11-14-12-17;1-2-3-4-5-6-7-8-9-10-11(12)13;1-7-5-3-2-4-6-7;1-2-3-5-4-6;5-1-3(2-7)4-6;2*1-2-3;;;/h9-13H,7-8H2,1-6H3;7,9H,1-6,8,10-11H2,(H,15,16);2H,1,3-10H2,(H,12,13);1-6H;2H,1,3H2;1,3-4,7H,2,6H2;2*2H2,1H3;2*1H;/q-1;;;;;;;;;;+2/p-2/b;9-7+;;;;;;;;;/t;;;;;3-;;;;;/m.....1...../s1/i;;;;;;2*2D;;;. The van der Waals surface area contributed by atoms with Crippen molar-refractivity contribution in [3.63, 3.8) is 0 Å². The van der Waals surface area contributed by atoms with E-state index in [2.05, 4.69) is 173 Å². The fraction of sp³-hybridized carbons (Fsp3) is 0.508. The van der Waals surface area contributed by atoms with E-state index < -0.39 is 38.8 Å². The number of nitrogens with one attached hydrogen (secondary N) is 1. The first-order chi connectivity index (χ1) is 39.9. The third kappa shape index (κ3) is 53.1. The number of aliphatic carboxylic acids is 2. The van der Waals surface area contributed by atoms with Crippen molar-refractivity contribution in [2.24, 2.45) is 9.98 Å². The molecule has 10 nitrogen and oxygen atoms in total. The molecular weight excluding hydrogens is 1240 g/mol. The molecular formula is C63H97Cl2F2N5O5PRuS3-. The van der Waals surface area contributed by atoms with E-state index in [1.165, 1.54) is 104 Å². The van der Waals surface area contributed by atoms with Crippen LogP contribution in [0, 0.1) is 48.2 Å². The summed E-state index contributed by atoms with van der Waals surface area (Å²) in [7, 11) is 13.6. The summed E-state index contributed by atoms with van der Waals surface area (Å²) in [6.45, 7) is 25.4. The summed E-state index contributed by atoms with van der Waals surface area (Å²) in [5.74, 6) is -0.812. The molecule has 464 valence electrons. The number of aliphatic imine (C=N–C) groups is 2. The van der Waals surface area contributed by atoms with Crippen molar-refractivity contribution in [2.75, 3.05) is 55.0 Å². The van der Waals surface area contributed by atoms with Crippen LogP contribution in [0.15, 0.2) is 102 Å².